The van der Waals surface area contributed by atoms with Crippen molar-refractivity contribution in [3.05, 3.63) is 58.1 Å². The molecule has 7 nitrogen and oxygen atoms in total. The highest BCUT2D eigenvalue weighted by atomic mass is 32.2. The second kappa shape index (κ2) is 8.98. The summed E-state index contributed by atoms with van der Waals surface area (Å²) in [5.74, 6) is -3.04. The quantitative estimate of drug-likeness (QED) is 0.441. The van der Waals surface area contributed by atoms with Crippen molar-refractivity contribution in [2.24, 2.45) is 0 Å². The molecule has 0 aromatic heterocycles. The van der Waals surface area contributed by atoms with Gasteiger partial charge in [0.1, 0.15) is 0 Å². The Morgan fingerprint density at radius 2 is 1.86 bits per heavy atom. The lowest BCUT2D eigenvalue weighted by Gasteiger charge is -2.30. The van der Waals surface area contributed by atoms with Crippen molar-refractivity contribution in [2.45, 2.75) is 10.7 Å². The van der Waals surface area contributed by atoms with E-state index in [1.54, 1.807) is 6.07 Å². The molecule has 0 atom stereocenters. The van der Waals surface area contributed by atoms with Crippen LogP contribution in [0.1, 0.15) is 10.4 Å². The number of thioether (sulfide) groups is 1. The van der Waals surface area contributed by atoms with Gasteiger partial charge in [0.05, 0.1) is 29.4 Å². The number of rotatable bonds is 6. The second-order valence-electron chi connectivity index (χ2n) is 5.91. The topological polar surface area (TPSA) is 84.7 Å². The highest BCUT2D eigenvalue weighted by molar-refractivity contribution is 7.99. The molecular weight excluding hydrogens is 392 g/mol. The number of non-ortho nitro benzene ring substituents is 1. The van der Waals surface area contributed by atoms with Crippen LogP contribution in [0.4, 0.5) is 25.8 Å². The number of halogens is 2. The third kappa shape index (κ3) is 4.96. The Hall–Kier alpha value is -2.72. The zero-order valence-corrected chi connectivity index (χ0v) is 15.5. The van der Waals surface area contributed by atoms with Crippen molar-refractivity contribution in [1.29, 1.82) is 0 Å². The van der Waals surface area contributed by atoms with E-state index in [4.69, 9.17) is 4.74 Å². The lowest BCUT2D eigenvalue weighted by molar-refractivity contribution is -0.384. The molecule has 1 heterocycles. The van der Waals surface area contributed by atoms with Crippen LogP contribution in [0.25, 0.3) is 0 Å². The van der Waals surface area contributed by atoms with Gasteiger partial charge in [-0.2, -0.15) is 8.78 Å². The summed E-state index contributed by atoms with van der Waals surface area (Å²) in [4.78, 5) is 25.7. The van der Waals surface area contributed by atoms with Gasteiger partial charge >= 0.3 is 0 Å². The molecule has 1 aliphatic rings. The molecule has 1 N–H and O–H groups in total. The van der Waals surface area contributed by atoms with Gasteiger partial charge in [0.2, 0.25) is 0 Å². The number of ether oxygens (including phenoxy) is 1. The molecule has 28 heavy (non-hydrogen) atoms. The van der Waals surface area contributed by atoms with E-state index < -0.39 is 16.6 Å². The summed E-state index contributed by atoms with van der Waals surface area (Å²) >= 11 is 0.409. The number of nitrogens with zero attached hydrogens (tertiary/aromatic N) is 2. The number of nitro groups is 1. The van der Waals surface area contributed by atoms with Crippen molar-refractivity contribution in [3.63, 3.8) is 0 Å². The molecule has 148 valence electrons. The van der Waals surface area contributed by atoms with Crippen LogP contribution in [-0.4, -0.2) is 42.9 Å². The average molecular weight is 409 g/mol. The number of amides is 1. The fourth-order valence-electron chi connectivity index (χ4n) is 2.82. The lowest BCUT2D eigenvalue weighted by atomic mass is 10.1. The largest absolute Gasteiger partial charge is 0.378 e. The Labute approximate surface area is 163 Å². The minimum atomic E-state index is -2.53. The van der Waals surface area contributed by atoms with Gasteiger partial charge in [-0.3, -0.25) is 14.9 Å². The maximum absolute atomic E-state index is 12.8. The maximum atomic E-state index is 12.8. The summed E-state index contributed by atoms with van der Waals surface area (Å²) in [5.41, 5.74) is 0.965. The number of nitrogens with one attached hydrogen (secondary N) is 1. The summed E-state index contributed by atoms with van der Waals surface area (Å²) < 4.78 is 30.1. The number of hydrogen-bond donors (Lipinski definition) is 1. The van der Waals surface area contributed by atoms with Crippen LogP contribution in [-0.2, 0) is 4.74 Å². The zero-order valence-electron chi connectivity index (χ0n) is 14.6. The summed E-state index contributed by atoms with van der Waals surface area (Å²) in [6.07, 6.45) is 0. The Balaban J connectivity index is 1.84. The summed E-state index contributed by atoms with van der Waals surface area (Å²) in [7, 11) is 0. The van der Waals surface area contributed by atoms with E-state index >= 15 is 0 Å². The number of anilines is 2. The van der Waals surface area contributed by atoms with Gasteiger partial charge in [-0.15, -0.1) is 0 Å². The van der Waals surface area contributed by atoms with E-state index in [2.05, 4.69) is 5.32 Å². The molecule has 0 saturated carbocycles. The molecule has 2 aromatic carbocycles. The molecule has 2 aromatic rings. The van der Waals surface area contributed by atoms with Crippen LogP contribution in [0, 0.1) is 10.1 Å². The van der Waals surface area contributed by atoms with E-state index in [1.165, 1.54) is 36.4 Å². The molecule has 1 aliphatic heterocycles. The van der Waals surface area contributed by atoms with Crippen LogP contribution in [0.15, 0.2) is 47.4 Å². The first-order valence-electron chi connectivity index (χ1n) is 8.41. The van der Waals surface area contributed by atoms with Crippen molar-refractivity contribution < 1.29 is 23.2 Å². The first kappa shape index (κ1) is 20.0. The SMILES string of the molecule is O=C(Nc1ccc(SC(F)F)cc1)c1cc([N+](=O)[O-])ccc1N1CCOCC1. The second-order valence-corrected chi connectivity index (χ2v) is 6.98. The number of hydrogen-bond acceptors (Lipinski definition) is 6. The van der Waals surface area contributed by atoms with E-state index in [9.17, 15) is 23.7 Å². The van der Waals surface area contributed by atoms with Crippen molar-refractivity contribution >= 4 is 34.7 Å². The fourth-order valence-corrected chi connectivity index (χ4v) is 3.32. The van der Waals surface area contributed by atoms with Crippen LogP contribution in [0.2, 0.25) is 0 Å². The van der Waals surface area contributed by atoms with Crippen LogP contribution >= 0.6 is 11.8 Å². The van der Waals surface area contributed by atoms with Crippen molar-refractivity contribution in [3.8, 4) is 0 Å². The molecule has 0 bridgehead atoms. The Kier molecular flexibility index (Phi) is 6.42. The molecule has 0 radical (unpaired) electrons. The highest BCUT2D eigenvalue weighted by Gasteiger charge is 2.22. The number of benzene rings is 2. The molecule has 1 fully saturated rings. The fraction of sp³-hybridized carbons (Fsp3) is 0.278. The molecule has 0 unspecified atom stereocenters. The summed E-state index contributed by atoms with van der Waals surface area (Å²) in [6, 6.07) is 10.1. The Bertz CT molecular complexity index is 858. The third-order valence-corrected chi connectivity index (χ3v) is 4.85. The van der Waals surface area contributed by atoms with Gasteiger partial charge in [-0.25, -0.2) is 0 Å². The monoisotopic (exact) mass is 409 g/mol. The Morgan fingerprint density at radius 3 is 2.46 bits per heavy atom. The van der Waals surface area contributed by atoms with Gasteiger partial charge in [0, 0.05) is 35.8 Å². The number of carbonyl (C=O) groups excluding carboxylic acids is 1. The van der Waals surface area contributed by atoms with Crippen molar-refractivity contribution in [1.82, 2.24) is 0 Å². The molecule has 3 rings (SSSR count). The average Bonchev–Trinajstić information content (AvgIpc) is 2.69. The number of morpholine rings is 1. The van der Waals surface area contributed by atoms with Crippen molar-refractivity contribution in [2.75, 3.05) is 36.5 Å². The van der Waals surface area contributed by atoms with Crippen LogP contribution < -0.4 is 10.2 Å². The molecule has 0 aliphatic carbocycles. The van der Waals surface area contributed by atoms with Gasteiger partial charge in [0.25, 0.3) is 17.4 Å². The zero-order chi connectivity index (χ0) is 20.1. The highest BCUT2D eigenvalue weighted by Crippen LogP contribution is 2.29. The van der Waals surface area contributed by atoms with Gasteiger partial charge in [-0.05, 0) is 30.3 Å². The van der Waals surface area contributed by atoms with E-state index in [1.807, 2.05) is 4.90 Å². The number of carbonyl (C=O) groups is 1. The van der Waals surface area contributed by atoms with Crippen LogP contribution in [0.3, 0.4) is 0 Å². The minimum absolute atomic E-state index is 0.169. The predicted molar refractivity (Wildman–Crippen MR) is 102 cm³/mol. The van der Waals surface area contributed by atoms with Gasteiger partial charge < -0.3 is 15.0 Å². The Morgan fingerprint density at radius 1 is 1.18 bits per heavy atom. The first-order valence-corrected chi connectivity index (χ1v) is 9.29. The minimum Gasteiger partial charge on any atom is -0.378 e. The molecule has 10 heteroatoms. The number of alkyl halides is 2. The van der Waals surface area contributed by atoms with E-state index in [0.29, 0.717) is 54.3 Å². The maximum Gasteiger partial charge on any atom is 0.288 e. The third-order valence-electron chi connectivity index (χ3n) is 4.12. The standard InChI is InChI=1S/C18H17F2N3O4S/c19-18(20)28-14-4-1-12(2-5-14)21-17(24)15-11-13(23(25)26)3-6-16(15)22-7-9-27-10-8-22/h1-6,11,18H,7-10H2,(H,21,24). The molecule has 1 amide bonds. The van der Waals surface area contributed by atoms with Gasteiger partial charge in [-0.1, -0.05) is 11.8 Å². The normalized spacial score (nSPS) is 14.2. The van der Waals surface area contributed by atoms with Gasteiger partial charge in [0.15, 0.2) is 0 Å². The van der Waals surface area contributed by atoms with E-state index in [-0.39, 0.29) is 11.3 Å². The lowest BCUT2D eigenvalue weighted by Crippen LogP contribution is -2.37. The van der Waals surface area contributed by atoms with E-state index in [0.717, 1.165) is 0 Å². The number of nitro benzene ring substituents is 1. The molecular formula is C18H17F2N3O4S. The molecule has 0 spiro atoms. The predicted octanol–water partition coefficient (Wildman–Crippen LogP) is 4.00. The smallest absolute Gasteiger partial charge is 0.288 e. The molecule has 1 saturated heterocycles. The van der Waals surface area contributed by atoms with Crippen LogP contribution in [0.5, 0.6) is 0 Å². The summed E-state index contributed by atoms with van der Waals surface area (Å²) in [6.45, 7) is 2.14. The first-order chi connectivity index (χ1) is 13.4. The summed E-state index contributed by atoms with van der Waals surface area (Å²) in [5, 5.41) is 13.8.